The van der Waals surface area contributed by atoms with Gasteiger partial charge in [0.25, 0.3) is 0 Å². The van der Waals surface area contributed by atoms with Crippen molar-refractivity contribution in [2.75, 3.05) is 0 Å². The lowest BCUT2D eigenvalue weighted by Gasteiger charge is -2.10. The summed E-state index contributed by atoms with van der Waals surface area (Å²) in [5, 5.41) is 9.11. The zero-order chi connectivity index (χ0) is 14.0. The van der Waals surface area contributed by atoms with Crippen LogP contribution < -0.4 is 4.74 Å². The van der Waals surface area contributed by atoms with Gasteiger partial charge >= 0.3 is 5.97 Å². The normalized spacial score (nSPS) is 10.3. The number of hydrogen-bond acceptors (Lipinski definition) is 2. The van der Waals surface area contributed by atoms with Crippen LogP contribution in [0.15, 0.2) is 40.9 Å². The van der Waals surface area contributed by atoms with Gasteiger partial charge in [0.2, 0.25) is 0 Å². The first-order valence-electron chi connectivity index (χ1n) is 5.44. The van der Waals surface area contributed by atoms with Gasteiger partial charge in [-0.05, 0) is 37.3 Å². The third-order valence-corrected chi connectivity index (χ3v) is 2.97. The van der Waals surface area contributed by atoms with Gasteiger partial charge in [-0.15, -0.1) is 0 Å². The van der Waals surface area contributed by atoms with Crippen molar-refractivity contribution in [3.63, 3.8) is 0 Å². The maximum atomic E-state index is 13.6. The second-order valence-corrected chi connectivity index (χ2v) is 4.90. The number of rotatable bonds is 3. The van der Waals surface area contributed by atoms with Crippen molar-refractivity contribution in [3.8, 4) is 11.5 Å². The van der Waals surface area contributed by atoms with E-state index in [1.807, 2.05) is 0 Å². The van der Waals surface area contributed by atoms with E-state index in [4.69, 9.17) is 9.84 Å². The van der Waals surface area contributed by atoms with Crippen LogP contribution in [-0.2, 0) is 0 Å². The van der Waals surface area contributed by atoms with Crippen LogP contribution in [0, 0.1) is 12.7 Å². The Morgan fingerprint density at radius 3 is 2.63 bits per heavy atom. The van der Waals surface area contributed by atoms with Crippen molar-refractivity contribution in [2.24, 2.45) is 0 Å². The zero-order valence-electron chi connectivity index (χ0n) is 9.98. The van der Waals surface area contributed by atoms with Crippen LogP contribution in [0.5, 0.6) is 11.5 Å². The molecule has 2 aromatic carbocycles. The number of carboxylic acids is 1. The van der Waals surface area contributed by atoms with Gasteiger partial charge < -0.3 is 9.84 Å². The van der Waals surface area contributed by atoms with Gasteiger partial charge in [0.1, 0.15) is 11.3 Å². The van der Waals surface area contributed by atoms with Gasteiger partial charge in [-0.2, -0.15) is 0 Å². The van der Waals surface area contributed by atoms with Crippen LogP contribution in [-0.4, -0.2) is 11.1 Å². The van der Waals surface area contributed by atoms with Gasteiger partial charge in [0.05, 0.1) is 0 Å². The minimum atomic E-state index is -1.12. The smallest absolute Gasteiger partial charge is 0.339 e. The number of carbonyl (C=O) groups is 1. The molecule has 0 saturated carbocycles. The average Bonchev–Trinajstić information content (AvgIpc) is 2.35. The number of aromatic carboxylic acids is 1. The Labute approximate surface area is 117 Å². The van der Waals surface area contributed by atoms with Crippen molar-refractivity contribution >= 4 is 21.9 Å². The predicted octanol–water partition coefficient (Wildman–Crippen LogP) is 4.39. The van der Waals surface area contributed by atoms with Gasteiger partial charge in [0.15, 0.2) is 11.6 Å². The quantitative estimate of drug-likeness (QED) is 0.910. The molecule has 2 aromatic rings. The molecule has 2 rings (SSSR count). The third kappa shape index (κ3) is 3.12. The van der Waals surface area contributed by atoms with Crippen LogP contribution in [0.4, 0.5) is 4.39 Å². The molecular formula is C14H10BrFO3. The Bertz CT molecular complexity index is 641. The molecule has 0 radical (unpaired) electrons. The molecule has 0 aliphatic rings. The minimum absolute atomic E-state index is 0.000578. The maximum Gasteiger partial charge on any atom is 0.339 e. The van der Waals surface area contributed by atoms with E-state index < -0.39 is 11.8 Å². The summed E-state index contributed by atoms with van der Waals surface area (Å²) in [6.07, 6.45) is 0. The van der Waals surface area contributed by atoms with Crippen LogP contribution in [0.2, 0.25) is 0 Å². The highest BCUT2D eigenvalue weighted by Crippen LogP contribution is 2.30. The molecule has 3 nitrogen and oxygen atoms in total. The highest BCUT2D eigenvalue weighted by Gasteiger charge is 2.14. The van der Waals surface area contributed by atoms with Crippen LogP contribution in [0.3, 0.4) is 0 Å². The van der Waals surface area contributed by atoms with E-state index in [1.165, 1.54) is 30.3 Å². The average molecular weight is 325 g/mol. The van der Waals surface area contributed by atoms with E-state index in [2.05, 4.69) is 15.9 Å². The first kappa shape index (κ1) is 13.5. The second-order valence-electron chi connectivity index (χ2n) is 3.98. The number of hydrogen-bond donors (Lipinski definition) is 1. The van der Waals surface area contributed by atoms with Gasteiger partial charge in [-0.1, -0.05) is 27.6 Å². The highest BCUT2D eigenvalue weighted by atomic mass is 79.9. The van der Waals surface area contributed by atoms with Gasteiger partial charge in [-0.3, -0.25) is 0 Å². The SMILES string of the molecule is Cc1ccc(Oc2cc(Br)ccc2F)c(C(=O)O)c1. The van der Waals surface area contributed by atoms with E-state index >= 15 is 0 Å². The van der Waals surface area contributed by atoms with Crippen LogP contribution in [0.1, 0.15) is 15.9 Å². The van der Waals surface area contributed by atoms with Crippen molar-refractivity contribution in [1.82, 2.24) is 0 Å². The summed E-state index contributed by atoms with van der Waals surface area (Å²) in [7, 11) is 0. The summed E-state index contributed by atoms with van der Waals surface area (Å²) in [6, 6.07) is 8.93. The highest BCUT2D eigenvalue weighted by molar-refractivity contribution is 9.10. The van der Waals surface area contributed by atoms with E-state index in [0.29, 0.717) is 4.47 Å². The van der Waals surface area contributed by atoms with Gasteiger partial charge in [-0.25, -0.2) is 9.18 Å². The van der Waals surface area contributed by atoms with Gasteiger partial charge in [0, 0.05) is 4.47 Å². The molecule has 0 aliphatic carbocycles. The largest absolute Gasteiger partial charge is 0.478 e. The molecule has 0 fully saturated rings. The van der Waals surface area contributed by atoms with Crippen molar-refractivity contribution in [3.05, 3.63) is 57.8 Å². The molecule has 0 aliphatic heterocycles. The van der Waals surface area contributed by atoms with E-state index in [9.17, 15) is 9.18 Å². The Morgan fingerprint density at radius 1 is 1.21 bits per heavy atom. The van der Waals surface area contributed by atoms with E-state index in [1.54, 1.807) is 13.0 Å². The van der Waals surface area contributed by atoms with Crippen molar-refractivity contribution in [2.45, 2.75) is 6.92 Å². The zero-order valence-corrected chi connectivity index (χ0v) is 11.6. The van der Waals surface area contributed by atoms with Crippen LogP contribution in [0.25, 0.3) is 0 Å². The standard InChI is InChI=1S/C14H10BrFO3/c1-8-2-5-12(10(6-8)14(17)18)19-13-7-9(15)3-4-11(13)16/h2-7H,1H3,(H,17,18). The fourth-order valence-corrected chi connectivity index (χ4v) is 1.91. The maximum absolute atomic E-state index is 13.6. The van der Waals surface area contributed by atoms with E-state index in [0.717, 1.165) is 5.56 Å². The molecule has 0 bridgehead atoms. The molecule has 0 heterocycles. The number of halogens is 2. The molecule has 0 unspecified atom stereocenters. The van der Waals surface area contributed by atoms with Crippen molar-refractivity contribution < 1.29 is 19.0 Å². The Balaban J connectivity index is 2.43. The molecule has 98 valence electrons. The minimum Gasteiger partial charge on any atom is -0.478 e. The Morgan fingerprint density at radius 2 is 1.95 bits per heavy atom. The number of aryl methyl sites for hydroxylation is 1. The predicted molar refractivity (Wildman–Crippen MR) is 72.3 cm³/mol. The number of carboxylic acid groups (broad SMARTS) is 1. The molecule has 0 spiro atoms. The lowest BCUT2D eigenvalue weighted by atomic mass is 10.1. The van der Waals surface area contributed by atoms with Crippen LogP contribution >= 0.6 is 15.9 Å². The second kappa shape index (κ2) is 5.40. The molecular weight excluding hydrogens is 315 g/mol. The molecule has 1 N–H and O–H groups in total. The first-order chi connectivity index (χ1) is 8.97. The molecule has 0 amide bonds. The molecule has 19 heavy (non-hydrogen) atoms. The summed E-state index contributed by atoms with van der Waals surface area (Å²) in [5.41, 5.74) is 0.791. The molecule has 5 heteroatoms. The summed E-state index contributed by atoms with van der Waals surface area (Å²) < 4.78 is 19.6. The summed E-state index contributed by atoms with van der Waals surface area (Å²) >= 11 is 3.21. The van der Waals surface area contributed by atoms with Crippen molar-refractivity contribution in [1.29, 1.82) is 0 Å². The molecule has 0 atom stereocenters. The topological polar surface area (TPSA) is 46.5 Å². The number of benzene rings is 2. The molecule has 0 saturated heterocycles. The monoisotopic (exact) mass is 324 g/mol. The Kier molecular flexibility index (Phi) is 3.85. The Hall–Kier alpha value is -1.88. The fourth-order valence-electron chi connectivity index (χ4n) is 1.57. The lowest BCUT2D eigenvalue weighted by molar-refractivity contribution is 0.0694. The first-order valence-corrected chi connectivity index (χ1v) is 6.23. The molecule has 0 aromatic heterocycles. The fraction of sp³-hybridized carbons (Fsp3) is 0.0714. The summed E-state index contributed by atoms with van der Waals surface area (Å²) in [6.45, 7) is 1.77. The van der Waals surface area contributed by atoms with E-state index in [-0.39, 0.29) is 17.1 Å². The number of ether oxygens (including phenoxy) is 1. The summed E-state index contributed by atoms with van der Waals surface area (Å²) in [4.78, 5) is 11.1. The summed E-state index contributed by atoms with van der Waals surface area (Å²) in [5.74, 6) is -1.59. The third-order valence-electron chi connectivity index (χ3n) is 2.48. The lowest BCUT2D eigenvalue weighted by Crippen LogP contribution is -2.01.